The van der Waals surface area contributed by atoms with Crippen molar-refractivity contribution in [1.29, 1.82) is 0 Å². The smallest absolute Gasteiger partial charge is 0.270 e. The fourth-order valence-corrected chi connectivity index (χ4v) is 3.11. The monoisotopic (exact) mass is 323 g/mol. The highest BCUT2D eigenvalue weighted by Gasteiger charge is 2.29. The molecule has 1 aliphatic heterocycles. The van der Waals surface area contributed by atoms with E-state index in [1.54, 1.807) is 0 Å². The number of fused-ring (bicyclic) bond motifs is 1. The van der Waals surface area contributed by atoms with Crippen molar-refractivity contribution in [1.82, 2.24) is 4.98 Å². The van der Waals surface area contributed by atoms with Gasteiger partial charge >= 0.3 is 0 Å². The van der Waals surface area contributed by atoms with Crippen LogP contribution in [-0.4, -0.2) is 10.9 Å². The summed E-state index contributed by atoms with van der Waals surface area (Å²) < 4.78 is 5.87. The van der Waals surface area contributed by atoms with Crippen molar-refractivity contribution in [3.05, 3.63) is 59.5 Å². The maximum atomic E-state index is 12.3. The number of anilines is 2. The molecule has 0 spiro atoms. The van der Waals surface area contributed by atoms with Gasteiger partial charge in [0, 0.05) is 16.5 Å². The third-order valence-electron chi connectivity index (χ3n) is 3.64. The van der Waals surface area contributed by atoms with Crippen LogP contribution in [0.1, 0.15) is 11.7 Å². The van der Waals surface area contributed by atoms with Crippen molar-refractivity contribution in [3.63, 3.8) is 0 Å². The first-order valence-corrected chi connectivity index (χ1v) is 7.96. The minimum Gasteiger partial charge on any atom is -0.474 e. The summed E-state index contributed by atoms with van der Waals surface area (Å²) in [6.07, 6.45) is -0.635. The van der Waals surface area contributed by atoms with E-state index in [0.717, 1.165) is 16.8 Å². The molecule has 2 heterocycles. The minimum atomic E-state index is -0.635. The summed E-state index contributed by atoms with van der Waals surface area (Å²) >= 11 is 1.38. The van der Waals surface area contributed by atoms with Gasteiger partial charge in [0.25, 0.3) is 5.91 Å². The molecule has 0 saturated heterocycles. The summed E-state index contributed by atoms with van der Waals surface area (Å²) in [7, 11) is 0. The molecule has 3 N–H and O–H groups in total. The minimum absolute atomic E-state index is 0.182. The van der Waals surface area contributed by atoms with Gasteiger partial charge < -0.3 is 15.8 Å². The third kappa shape index (κ3) is 2.53. The van der Waals surface area contributed by atoms with Crippen LogP contribution in [0.15, 0.2) is 53.9 Å². The maximum Gasteiger partial charge on any atom is 0.270 e. The predicted molar refractivity (Wildman–Crippen MR) is 90.4 cm³/mol. The largest absolute Gasteiger partial charge is 0.474 e. The molecule has 0 aliphatic carbocycles. The second-order valence-electron chi connectivity index (χ2n) is 5.18. The number of carbonyl (C=O) groups excluding carboxylic acids is 1. The third-order valence-corrected chi connectivity index (χ3v) is 4.31. The zero-order valence-electron chi connectivity index (χ0n) is 12.0. The molecule has 0 saturated carbocycles. The predicted octanol–water partition coefficient (Wildman–Crippen LogP) is 3.46. The molecule has 1 atom stereocenters. The van der Waals surface area contributed by atoms with E-state index in [2.05, 4.69) is 10.3 Å². The average Bonchev–Trinajstić information content (AvgIpc) is 3.01. The SMILES string of the molecule is Nc1nc(-c2ccc3c(c2)NC(=O)C(c2ccccc2)O3)cs1. The van der Waals surface area contributed by atoms with Crippen molar-refractivity contribution in [3.8, 4) is 17.0 Å². The summed E-state index contributed by atoms with van der Waals surface area (Å²) in [5, 5.41) is 5.31. The Kier molecular flexibility index (Phi) is 3.24. The van der Waals surface area contributed by atoms with Gasteiger partial charge in [-0.2, -0.15) is 0 Å². The van der Waals surface area contributed by atoms with Crippen LogP contribution in [0.3, 0.4) is 0 Å². The number of rotatable bonds is 2. The first-order valence-electron chi connectivity index (χ1n) is 7.08. The van der Waals surface area contributed by atoms with Gasteiger partial charge in [-0.15, -0.1) is 11.3 Å². The molecule has 1 aliphatic rings. The van der Waals surface area contributed by atoms with E-state index in [0.29, 0.717) is 16.6 Å². The fourth-order valence-electron chi connectivity index (χ4n) is 2.54. The number of thiazole rings is 1. The van der Waals surface area contributed by atoms with Crippen molar-refractivity contribution >= 4 is 28.1 Å². The molecule has 3 aromatic rings. The lowest BCUT2D eigenvalue weighted by Gasteiger charge is -2.26. The van der Waals surface area contributed by atoms with E-state index < -0.39 is 6.10 Å². The van der Waals surface area contributed by atoms with Crippen LogP contribution >= 0.6 is 11.3 Å². The Morgan fingerprint density at radius 1 is 1.17 bits per heavy atom. The summed E-state index contributed by atoms with van der Waals surface area (Å²) in [5.74, 6) is 0.462. The lowest BCUT2D eigenvalue weighted by atomic mass is 10.1. The molecular formula is C17H13N3O2S. The summed E-state index contributed by atoms with van der Waals surface area (Å²) in [6.45, 7) is 0. The lowest BCUT2D eigenvalue weighted by Crippen LogP contribution is -2.30. The molecule has 0 bridgehead atoms. The highest BCUT2D eigenvalue weighted by atomic mass is 32.1. The van der Waals surface area contributed by atoms with E-state index in [4.69, 9.17) is 10.5 Å². The Labute approximate surface area is 136 Å². The molecule has 1 aromatic heterocycles. The van der Waals surface area contributed by atoms with E-state index in [1.165, 1.54) is 11.3 Å². The number of hydrogen-bond acceptors (Lipinski definition) is 5. The second-order valence-corrected chi connectivity index (χ2v) is 6.07. The Hall–Kier alpha value is -2.86. The number of nitrogen functional groups attached to an aromatic ring is 1. The number of hydrogen-bond donors (Lipinski definition) is 2. The van der Waals surface area contributed by atoms with Crippen LogP contribution in [0.2, 0.25) is 0 Å². The van der Waals surface area contributed by atoms with Gasteiger partial charge in [0.2, 0.25) is 6.10 Å². The zero-order valence-corrected chi connectivity index (χ0v) is 12.8. The van der Waals surface area contributed by atoms with Crippen molar-refractivity contribution in [2.75, 3.05) is 11.1 Å². The van der Waals surface area contributed by atoms with E-state index >= 15 is 0 Å². The van der Waals surface area contributed by atoms with Crippen LogP contribution in [0.25, 0.3) is 11.3 Å². The number of nitrogens with two attached hydrogens (primary N) is 1. The molecular weight excluding hydrogens is 310 g/mol. The fraction of sp³-hybridized carbons (Fsp3) is 0.0588. The molecule has 5 nitrogen and oxygen atoms in total. The Balaban J connectivity index is 1.68. The molecule has 0 fully saturated rings. The van der Waals surface area contributed by atoms with Crippen LogP contribution in [0, 0.1) is 0 Å². The zero-order chi connectivity index (χ0) is 15.8. The standard InChI is InChI=1S/C17H13N3O2S/c18-17-20-13(9-23-17)11-6-7-14-12(8-11)19-16(21)15(22-14)10-4-2-1-3-5-10/h1-9,15H,(H2,18,20)(H,19,21). The van der Waals surface area contributed by atoms with Gasteiger partial charge in [-0.3, -0.25) is 4.79 Å². The van der Waals surface area contributed by atoms with Gasteiger partial charge in [0.1, 0.15) is 5.75 Å². The molecule has 23 heavy (non-hydrogen) atoms. The van der Waals surface area contributed by atoms with Gasteiger partial charge in [-0.05, 0) is 18.2 Å². The van der Waals surface area contributed by atoms with Gasteiger partial charge in [0.05, 0.1) is 11.4 Å². The van der Waals surface area contributed by atoms with Crippen molar-refractivity contribution in [2.45, 2.75) is 6.10 Å². The van der Waals surface area contributed by atoms with E-state index in [-0.39, 0.29) is 5.91 Å². The molecule has 1 unspecified atom stereocenters. The number of carbonyl (C=O) groups is 1. The normalized spacial score (nSPS) is 16.3. The topological polar surface area (TPSA) is 77.2 Å². The number of amides is 1. The maximum absolute atomic E-state index is 12.3. The number of nitrogens with zero attached hydrogens (tertiary/aromatic N) is 1. The quantitative estimate of drug-likeness (QED) is 0.757. The lowest BCUT2D eigenvalue weighted by molar-refractivity contribution is -0.123. The van der Waals surface area contributed by atoms with Crippen molar-refractivity contribution in [2.24, 2.45) is 0 Å². The van der Waals surface area contributed by atoms with E-state index in [9.17, 15) is 4.79 Å². The van der Waals surface area contributed by atoms with Crippen LogP contribution in [0.4, 0.5) is 10.8 Å². The number of benzene rings is 2. The molecule has 2 aromatic carbocycles. The first kappa shape index (κ1) is 13.8. The Bertz CT molecular complexity index is 877. The van der Waals surface area contributed by atoms with Gasteiger partial charge in [-0.25, -0.2) is 4.98 Å². The molecule has 6 heteroatoms. The van der Waals surface area contributed by atoms with Crippen molar-refractivity contribution < 1.29 is 9.53 Å². The number of nitrogens with one attached hydrogen (secondary N) is 1. The second kappa shape index (κ2) is 5.40. The molecule has 0 radical (unpaired) electrons. The first-order chi connectivity index (χ1) is 11.2. The highest BCUT2D eigenvalue weighted by Crippen LogP contribution is 2.37. The Morgan fingerprint density at radius 3 is 2.74 bits per heavy atom. The molecule has 4 rings (SSSR count). The van der Waals surface area contributed by atoms with Gasteiger partial charge in [0.15, 0.2) is 5.13 Å². The summed E-state index contributed by atoms with van der Waals surface area (Å²) in [6, 6.07) is 15.0. The van der Waals surface area contributed by atoms with E-state index in [1.807, 2.05) is 53.9 Å². The van der Waals surface area contributed by atoms with Crippen LogP contribution in [-0.2, 0) is 4.79 Å². The average molecular weight is 323 g/mol. The van der Waals surface area contributed by atoms with Crippen LogP contribution < -0.4 is 15.8 Å². The van der Waals surface area contributed by atoms with Crippen LogP contribution in [0.5, 0.6) is 5.75 Å². The molecule has 1 amide bonds. The number of ether oxygens (including phenoxy) is 1. The van der Waals surface area contributed by atoms with Gasteiger partial charge in [-0.1, -0.05) is 30.3 Å². The number of aromatic nitrogens is 1. The highest BCUT2D eigenvalue weighted by molar-refractivity contribution is 7.13. The molecule has 114 valence electrons. The summed E-state index contributed by atoms with van der Waals surface area (Å²) in [4.78, 5) is 16.6. The Morgan fingerprint density at radius 2 is 2.00 bits per heavy atom. The summed E-state index contributed by atoms with van der Waals surface area (Å²) in [5.41, 5.74) is 8.82.